The molecule has 1 aromatic rings. The Kier molecular flexibility index (Phi) is 2.71. The Balaban J connectivity index is 2.53. The highest BCUT2D eigenvalue weighted by molar-refractivity contribution is 5.96. The number of aliphatic hydroxyl groups excluding tert-OH is 1. The summed E-state index contributed by atoms with van der Waals surface area (Å²) in [5.41, 5.74) is 0.821. The minimum Gasteiger partial charge on any atom is -0.508 e. The predicted molar refractivity (Wildman–Crippen MR) is 59.1 cm³/mol. The lowest BCUT2D eigenvalue weighted by Crippen LogP contribution is -2.35. The van der Waals surface area contributed by atoms with Crippen LogP contribution in [0.2, 0.25) is 0 Å². The van der Waals surface area contributed by atoms with Crippen LogP contribution in [0.25, 0.3) is 0 Å². The summed E-state index contributed by atoms with van der Waals surface area (Å²) in [7, 11) is 0. The fourth-order valence-electron chi connectivity index (χ4n) is 1.92. The number of aliphatic hydroxyl groups is 1. The number of hydrogen-bond acceptors (Lipinski definition) is 5. The van der Waals surface area contributed by atoms with Gasteiger partial charge in [-0.2, -0.15) is 0 Å². The molecule has 17 heavy (non-hydrogen) atoms. The molecule has 0 saturated heterocycles. The van der Waals surface area contributed by atoms with Crippen molar-refractivity contribution in [1.82, 2.24) is 0 Å². The number of aromatic hydroxyl groups is 2. The van der Waals surface area contributed by atoms with Gasteiger partial charge < -0.3 is 20.1 Å². The minimum atomic E-state index is -0.794. The molecule has 0 saturated carbocycles. The molecular formula is C12H14O5. The SMILES string of the molecule is Cc1c(O)cc2c(c1O)C(=O)OC(C(C)O)C2. The molecule has 0 amide bonds. The predicted octanol–water partition coefficient (Wildman–Crippen LogP) is 0.869. The minimum absolute atomic E-state index is 0.0692. The van der Waals surface area contributed by atoms with Crippen LogP contribution in [-0.2, 0) is 11.2 Å². The molecule has 0 spiro atoms. The zero-order chi connectivity index (χ0) is 12.7. The summed E-state index contributed by atoms with van der Waals surface area (Å²) in [6, 6.07) is 1.43. The molecule has 0 aromatic heterocycles. The van der Waals surface area contributed by atoms with Gasteiger partial charge in [0.2, 0.25) is 0 Å². The summed E-state index contributed by atoms with van der Waals surface area (Å²) < 4.78 is 5.02. The first-order valence-corrected chi connectivity index (χ1v) is 5.35. The molecule has 0 bridgehead atoms. The van der Waals surface area contributed by atoms with E-state index >= 15 is 0 Å². The molecule has 1 aliphatic rings. The molecular weight excluding hydrogens is 224 g/mol. The van der Waals surface area contributed by atoms with E-state index in [-0.39, 0.29) is 29.0 Å². The number of carbonyl (C=O) groups excluding carboxylic acids is 1. The average molecular weight is 238 g/mol. The van der Waals surface area contributed by atoms with E-state index in [0.29, 0.717) is 5.56 Å². The number of esters is 1. The molecule has 3 N–H and O–H groups in total. The van der Waals surface area contributed by atoms with E-state index in [4.69, 9.17) is 4.74 Å². The number of carbonyl (C=O) groups is 1. The van der Waals surface area contributed by atoms with Gasteiger partial charge in [-0.15, -0.1) is 0 Å². The number of hydrogen-bond donors (Lipinski definition) is 3. The summed E-state index contributed by atoms with van der Waals surface area (Å²) >= 11 is 0. The van der Waals surface area contributed by atoms with Gasteiger partial charge in [0.15, 0.2) is 0 Å². The Hall–Kier alpha value is -1.75. The Morgan fingerprint density at radius 2 is 2.12 bits per heavy atom. The van der Waals surface area contributed by atoms with Crippen LogP contribution in [0, 0.1) is 6.92 Å². The van der Waals surface area contributed by atoms with Crippen molar-refractivity contribution in [2.75, 3.05) is 0 Å². The van der Waals surface area contributed by atoms with Crippen LogP contribution >= 0.6 is 0 Å². The molecule has 1 aliphatic heterocycles. The maximum atomic E-state index is 11.7. The van der Waals surface area contributed by atoms with E-state index in [9.17, 15) is 20.1 Å². The molecule has 92 valence electrons. The van der Waals surface area contributed by atoms with E-state index in [1.54, 1.807) is 0 Å². The van der Waals surface area contributed by atoms with Crippen LogP contribution in [-0.4, -0.2) is 33.5 Å². The maximum Gasteiger partial charge on any atom is 0.342 e. The smallest absolute Gasteiger partial charge is 0.342 e. The lowest BCUT2D eigenvalue weighted by Gasteiger charge is -2.27. The summed E-state index contributed by atoms with van der Waals surface area (Å²) in [6.07, 6.45) is -1.16. The quantitative estimate of drug-likeness (QED) is 0.632. The second kappa shape index (κ2) is 3.92. The van der Waals surface area contributed by atoms with Crippen molar-refractivity contribution in [2.24, 2.45) is 0 Å². The van der Waals surface area contributed by atoms with Gasteiger partial charge in [0.05, 0.1) is 6.10 Å². The maximum absolute atomic E-state index is 11.7. The third-order valence-electron chi connectivity index (χ3n) is 3.03. The highest BCUT2D eigenvalue weighted by Gasteiger charge is 2.33. The highest BCUT2D eigenvalue weighted by Crippen LogP contribution is 2.36. The van der Waals surface area contributed by atoms with E-state index in [0.717, 1.165) is 0 Å². The normalized spacial score (nSPS) is 20.6. The first-order valence-electron chi connectivity index (χ1n) is 5.35. The summed E-state index contributed by atoms with van der Waals surface area (Å²) in [4.78, 5) is 11.7. The van der Waals surface area contributed by atoms with Gasteiger partial charge in [-0.1, -0.05) is 0 Å². The fourth-order valence-corrected chi connectivity index (χ4v) is 1.92. The third kappa shape index (κ3) is 1.82. The lowest BCUT2D eigenvalue weighted by molar-refractivity contribution is -0.0171. The van der Waals surface area contributed by atoms with Gasteiger partial charge in [-0.3, -0.25) is 0 Å². The number of ether oxygens (including phenoxy) is 1. The Morgan fingerprint density at radius 1 is 1.47 bits per heavy atom. The summed E-state index contributed by atoms with van der Waals surface area (Å²) in [5, 5.41) is 28.8. The molecule has 2 atom stereocenters. The van der Waals surface area contributed by atoms with Crippen molar-refractivity contribution in [2.45, 2.75) is 32.5 Å². The van der Waals surface area contributed by atoms with Crippen molar-refractivity contribution in [3.8, 4) is 11.5 Å². The molecule has 1 aromatic carbocycles. The number of rotatable bonds is 1. The van der Waals surface area contributed by atoms with E-state index in [1.165, 1.54) is 19.9 Å². The van der Waals surface area contributed by atoms with Crippen LogP contribution in [0.3, 0.4) is 0 Å². The molecule has 0 aliphatic carbocycles. The molecule has 0 fully saturated rings. The van der Waals surface area contributed by atoms with Gasteiger partial charge in [0, 0.05) is 12.0 Å². The summed E-state index contributed by atoms with van der Waals surface area (Å²) in [6.45, 7) is 3.04. The third-order valence-corrected chi connectivity index (χ3v) is 3.03. The standard InChI is InChI=1S/C12H14O5/c1-5-8(14)3-7-4-9(6(2)13)17-12(16)10(7)11(5)15/h3,6,9,13-15H,4H2,1-2H3. The number of phenolic OH excluding ortho intramolecular Hbond substituents is 2. The van der Waals surface area contributed by atoms with E-state index < -0.39 is 18.2 Å². The van der Waals surface area contributed by atoms with Crippen LogP contribution in [0.4, 0.5) is 0 Å². The topological polar surface area (TPSA) is 87.0 Å². The molecule has 1 heterocycles. The van der Waals surface area contributed by atoms with Gasteiger partial charge in [0.1, 0.15) is 23.2 Å². The Morgan fingerprint density at radius 3 is 2.71 bits per heavy atom. The van der Waals surface area contributed by atoms with Crippen LogP contribution in [0.1, 0.15) is 28.4 Å². The second-order valence-electron chi connectivity index (χ2n) is 4.29. The molecule has 0 radical (unpaired) electrons. The zero-order valence-corrected chi connectivity index (χ0v) is 9.60. The zero-order valence-electron chi connectivity index (χ0n) is 9.60. The number of cyclic esters (lactones) is 1. The fraction of sp³-hybridized carbons (Fsp3) is 0.417. The van der Waals surface area contributed by atoms with Crippen LogP contribution < -0.4 is 0 Å². The van der Waals surface area contributed by atoms with Gasteiger partial charge >= 0.3 is 5.97 Å². The van der Waals surface area contributed by atoms with Crippen molar-refractivity contribution >= 4 is 5.97 Å². The average Bonchev–Trinajstić information content (AvgIpc) is 2.25. The van der Waals surface area contributed by atoms with E-state index in [2.05, 4.69) is 0 Å². The molecule has 2 unspecified atom stereocenters. The van der Waals surface area contributed by atoms with Gasteiger partial charge in [-0.05, 0) is 25.5 Å². The first kappa shape index (κ1) is 11.7. The van der Waals surface area contributed by atoms with Crippen molar-refractivity contribution in [3.63, 3.8) is 0 Å². The molecule has 5 nitrogen and oxygen atoms in total. The number of fused-ring (bicyclic) bond motifs is 1. The van der Waals surface area contributed by atoms with Crippen molar-refractivity contribution < 1.29 is 24.9 Å². The monoisotopic (exact) mass is 238 g/mol. The first-order chi connectivity index (χ1) is 7.91. The van der Waals surface area contributed by atoms with Crippen molar-refractivity contribution in [1.29, 1.82) is 0 Å². The molecule has 2 rings (SSSR count). The van der Waals surface area contributed by atoms with Gasteiger partial charge in [0.25, 0.3) is 0 Å². The Labute approximate surface area is 98.3 Å². The number of benzene rings is 1. The largest absolute Gasteiger partial charge is 0.508 e. The highest BCUT2D eigenvalue weighted by atomic mass is 16.6. The second-order valence-corrected chi connectivity index (χ2v) is 4.29. The molecule has 5 heteroatoms. The Bertz CT molecular complexity index is 478. The van der Waals surface area contributed by atoms with Gasteiger partial charge in [-0.25, -0.2) is 4.79 Å². The van der Waals surface area contributed by atoms with Crippen LogP contribution in [0.15, 0.2) is 6.07 Å². The van der Waals surface area contributed by atoms with E-state index in [1.807, 2.05) is 0 Å². The summed E-state index contributed by atoms with van der Waals surface area (Å²) in [5.74, 6) is -0.993. The van der Waals surface area contributed by atoms with Crippen LogP contribution in [0.5, 0.6) is 11.5 Å². The van der Waals surface area contributed by atoms with Crippen molar-refractivity contribution in [3.05, 3.63) is 22.8 Å². The lowest BCUT2D eigenvalue weighted by atomic mass is 9.93. The number of phenols is 2.